The van der Waals surface area contributed by atoms with E-state index in [0.717, 1.165) is 44.0 Å². The molecule has 1 aromatic carbocycles. The van der Waals surface area contributed by atoms with Crippen molar-refractivity contribution >= 4 is 5.91 Å². The van der Waals surface area contributed by atoms with Crippen LogP contribution in [0.25, 0.3) is 0 Å². The maximum absolute atomic E-state index is 13.2. The predicted molar refractivity (Wildman–Crippen MR) is 116 cm³/mol. The predicted octanol–water partition coefficient (Wildman–Crippen LogP) is 4.35. The van der Waals surface area contributed by atoms with Crippen molar-refractivity contribution in [3.05, 3.63) is 47.7 Å². The Labute approximate surface area is 195 Å². The number of aromatic nitrogens is 1. The van der Waals surface area contributed by atoms with Gasteiger partial charge in [0.1, 0.15) is 12.7 Å². The molecule has 1 saturated carbocycles. The molecule has 1 unspecified atom stereocenters. The van der Waals surface area contributed by atoms with Gasteiger partial charge < -0.3 is 23.8 Å². The highest BCUT2D eigenvalue weighted by molar-refractivity contribution is 5.95. The largest absolute Gasteiger partial charge is 0.493 e. The van der Waals surface area contributed by atoms with Crippen LogP contribution in [0.2, 0.25) is 0 Å². The minimum atomic E-state index is -4.46. The molecule has 10 heteroatoms. The Kier molecular flexibility index (Phi) is 7.45. The molecular weight excluding hydrogens is 453 g/mol. The molecule has 34 heavy (non-hydrogen) atoms. The molecule has 7 nitrogen and oxygen atoms in total. The molecule has 0 N–H and O–H groups in total. The summed E-state index contributed by atoms with van der Waals surface area (Å²) in [5.41, 5.74) is -0.360. The quantitative estimate of drug-likeness (QED) is 0.587. The third kappa shape index (κ3) is 5.91. The van der Waals surface area contributed by atoms with Crippen molar-refractivity contribution in [3.63, 3.8) is 0 Å². The smallest absolute Gasteiger partial charge is 0.417 e. The first kappa shape index (κ1) is 24.1. The summed E-state index contributed by atoms with van der Waals surface area (Å²) in [5.74, 6) is 1.03. The molecule has 1 saturated heterocycles. The maximum Gasteiger partial charge on any atom is 0.417 e. The zero-order chi connectivity index (χ0) is 24.1. The molecule has 1 atom stereocenters. The van der Waals surface area contributed by atoms with Gasteiger partial charge in [-0.25, -0.2) is 4.98 Å². The first-order chi connectivity index (χ1) is 16.3. The fourth-order valence-corrected chi connectivity index (χ4v) is 4.09. The Morgan fingerprint density at radius 2 is 1.97 bits per heavy atom. The van der Waals surface area contributed by atoms with E-state index in [4.69, 9.17) is 18.9 Å². The molecular formula is C24H27F3N2O5. The molecule has 2 fully saturated rings. The Bertz CT molecular complexity index is 978. The summed E-state index contributed by atoms with van der Waals surface area (Å²) in [6.45, 7) is 1.08. The van der Waals surface area contributed by atoms with Crippen LogP contribution in [-0.4, -0.2) is 61.4 Å². The summed E-state index contributed by atoms with van der Waals surface area (Å²) in [7, 11) is 1.57. The van der Waals surface area contributed by atoms with Gasteiger partial charge in [0.15, 0.2) is 11.5 Å². The van der Waals surface area contributed by atoms with E-state index in [1.165, 1.54) is 0 Å². The third-order valence-electron chi connectivity index (χ3n) is 5.91. The molecule has 1 aromatic heterocycles. The second-order valence-corrected chi connectivity index (χ2v) is 8.33. The number of morpholine rings is 1. The van der Waals surface area contributed by atoms with Crippen molar-refractivity contribution < 1.29 is 36.9 Å². The number of ether oxygens (including phenoxy) is 4. The van der Waals surface area contributed by atoms with E-state index in [0.29, 0.717) is 30.2 Å². The van der Waals surface area contributed by atoms with Crippen LogP contribution in [0.3, 0.4) is 0 Å². The van der Waals surface area contributed by atoms with Gasteiger partial charge >= 0.3 is 6.18 Å². The number of pyridine rings is 1. The van der Waals surface area contributed by atoms with Crippen LogP contribution in [0.15, 0.2) is 36.5 Å². The Balaban J connectivity index is 1.36. The summed E-state index contributed by atoms with van der Waals surface area (Å²) in [4.78, 5) is 18.5. The molecule has 2 aromatic rings. The lowest BCUT2D eigenvalue weighted by molar-refractivity contribution is -0.137. The van der Waals surface area contributed by atoms with Crippen LogP contribution in [0.4, 0.5) is 13.2 Å². The minimum Gasteiger partial charge on any atom is -0.493 e. The van der Waals surface area contributed by atoms with E-state index in [-0.39, 0.29) is 31.0 Å². The van der Waals surface area contributed by atoms with Gasteiger partial charge in [0.2, 0.25) is 5.88 Å². The van der Waals surface area contributed by atoms with Crippen molar-refractivity contribution in [2.45, 2.75) is 44.1 Å². The van der Waals surface area contributed by atoms with Gasteiger partial charge in [-0.3, -0.25) is 4.79 Å². The molecule has 2 aliphatic rings. The van der Waals surface area contributed by atoms with E-state index in [2.05, 4.69) is 4.98 Å². The highest BCUT2D eigenvalue weighted by Crippen LogP contribution is 2.33. The number of hydrogen-bond acceptors (Lipinski definition) is 6. The minimum absolute atomic E-state index is 0.0563. The molecule has 1 aliphatic heterocycles. The van der Waals surface area contributed by atoms with Crippen molar-refractivity contribution in [1.82, 2.24) is 9.88 Å². The number of amides is 1. The summed E-state index contributed by atoms with van der Waals surface area (Å²) in [5, 5.41) is 0. The van der Waals surface area contributed by atoms with E-state index < -0.39 is 17.8 Å². The molecule has 4 rings (SSSR count). The molecule has 184 valence electrons. The van der Waals surface area contributed by atoms with Gasteiger partial charge in [-0.1, -0.05) is 0 Å². The standard InChI is InChI=1S/C24H27F3N2O5/c1-31-20-8-6-16(12-21(20)34-18-4-2-3-5-18)23(30)29-10-11-32-19(14-29)15-33-22-9-7-17(13-28-22)24(25,26)27/h6-9,12-13,18-19H,2-5,10-11,14-15H2,1H3. The number of alkyl halides is 3. The number of methoxy groups -OCH3 is 1. The Morgan fingerprint density at radius 1 is 1.18 bits per heavy atom. The van der Waals surface area contributed by atoms with Crippen LogP contribution >= 0.6 is 0 Å². The number of carbonyl (C=O) groups excluding carboxylic acids is 1. The van der Waals surface area contributed by atoms with Gasteiger partial charge in [0, 0.05) is 24.4 Å². The van der Waals surface area contributed by atoms with Gasteiger partial charge in [-0.15, -0.1) is 0 Å². The first-order valence-corrected chi connectivity index (χ1v) is 11.2. The number of carbonyl (C=O) groups is 1. The number of benzene rings is 1. The highest BCUT2D eigenvalue weighted by atomic mass is 19.4. The first-order valence-electron chi connectivity index (χ1n) is 11.2. The van der Waals surface area contributed by atoms with Crippen LogP contribution in [-0.2, 0) is 10.9 Å². The number of nitrogens with zero attached hydrogens (tertiary/aromatic N) is 2. The molecule has 0 radical (unpaired) electrons. The van der Waals surface area contributed by atoms with Crippen molar-refractivity contribution in [2.75, 3.05) is 33.4 Å². The van der Waals surface area contributed by atoms with Crippen LogP contribution in [0.1, 0.15) is 41.6 Å². The highest BCUT2D eigenvalue weighted by Gasteiger charge is 2.31. The number of hydrogen-bond donors (Lipinski definition) is 0. The van der Waals surface area contributed by atoms with Crippen LogP contribution in [0.5, 0.6) is 17.4 Å². The summed E-state index contributed by atoms with van der Waals surface area (Å²) in [6.07, 6.45) is 0.192. The molecule has 2 heterocycles. The SMILES string of the molecule is COc1ccc(C(=O)N2CCOC(COc3ccc(C(F)(F)F)cn3)C2)cc1OC1CCCC1. The maximum atomic E-state index is 13.2. The summed E-state index contributed by atoms with van der Waals surface area (Å²) < 4.78 is 60.7. The lowest BCUT2D eigenvalue weighted by atomic mass is 10.1. The summed E-state index contributed by atoms with van der Waals surface area (Å²) in [6, 6.07) is 7.23. The van der Waals surface area contributed by atoms with Crippen LogP contribution < -0.4 is 14.2 Å². The van der Waals surface area contributed by atoms with Gasteiger partial charge in [0.05, 0.1) is 31.9 Å². The Hall–Kier alpha value is -3.01. The van der Waals surface area contributed by atoms with Crippen molar-refractivity contribution in [3.8, 4) is 17.4 Å². The fourth-order valence-electron chi connectivity index (χ4n) is 4.09. The van der Waals surface area contributed by atoms with E-state index in [9.17, 15) is 18.0 Å². The molecule has 1 aliphatic carbocycles. The fraction of sp³-hybridized carbons (Fsp3) is 0.500. The topological polar surface area (TPSA) is 70.1 Å². The molecule has 0 bridgehead atoms. The van der Waals surface area contributed by atoms with Crippen molar-refractivity contribution in [1.29, 1.82) is 0 Å². The van der Waals surface area contributed by atoms with Gasteiger partial charge in [-0.2, -0.15) is 13.2 Å². The van der Waals surface area contributed by atoms with Gasteiger partial charge in [-0.05, 0) is 49.9 Å². The lowest BCUT2D eigenvalue weighted by Gasteiger charge is -2.33. The second-order valence-electron chi connectivity index (χ2n) is 8.33. The molecule has 0 spiro atoms. The van der Waals surface area contributed by atoms with Gasteiger partial charge in [0.25, 0.3) is 5.91 Å². The summed E-state index contributed by atoms with van der Waals surface area (Å²) >= 11 is 0. The molecule has 1 amide bonds. The average molecular weight is 480 g/mol. The normalized spacial score (nSPS) is 19.2. The van der Waals surface area contributed by atoms with E-state index >= 15 is 0 Å². The zero-order valence-electron chi connectivity index (χ0n) is 18.8. The zero-order valence-corrected chi connectivity index (χ0v) is 18.8. The number of halogens is 3. The van der Waals surface area contributed by atoms with E-state index in [1.807, 2.05) is 0 Å². The third-order valence-corrected chi connectivity index (χ3v) is 5.91. The lowest BCUT2D eigenvalue weighted by Crippen LogP contribution is -2.47. The van der Waals surface area contributed by atoms with Crippen LogP contribution in [0, 0.1) is 0 Å². The average Bonchev–Trinajstić information content (AvgIpc) is 3.35. The monoisotopic (exact) mass is 480 g/mol. The second kappa shape index (κ2) is 10.5. The number of rotatable bonds is 7. The van der Waals surface area contributed by atoms with E-state index in [1.54, 1.807) is 30.2 Å². The van der Waals surface area contributed by atoms with Crippen molar-refractivity contribution in [2.24, 2.45) is 0 Å². The Morgan fingerprint density at radius 3 is 2.65 bits per heavy atom.